The molecule has 1 aromatic heterocycles. The van der Waals surface area contributed by atoms with E-state index in [1.165, 1.54) is 9.91 Å². The van der Waals surface area contributed by atoms with Gasteiger partial charge in [-0.2, -0.15) is 0 Å². The minimum atomic E-state index is -1.42. The van der Waals surface area contributed by atoms with Gasteiger partial charge in [-0.3, -0.25) is 19.2 Å². The Hall–Kier alpha value is -5.75. The first-order valence-corrected chi connectivity index (χ1v) is 14.8. The van der Waals surface area contributed by atoms with Gasteiger partial charge in [-0.15, -0.1) is 0 Å². The highest BCUT2D eigenvalue weighted by Crippen LogP contribution is 2.30. The van der Waals surface area contributed by atoms with E-state index >= 15 is 0 Å². The minimum absolute atomic E-state index is 0.0170. The standard InChI is InChI=1S/C34H32N6O6/c1-38(18-22-12-6-3-7-13-22)32(43)24-19-39-20-28(33(44)40(39)29(24)34(45)46)37-30(41)26(16-21-10-4-2-5-11-21)36-31(42)27-17-23-14-8-9-15-25(23)35-27/h2-15,17,26,28,35H,16,18-20H2,1H3,(H,36,42)(H,37,41)(H,45,46)/t26-,28-/m0/s1. The van der Waals surface area contributed by atoms with Crippen LogP contribution in [0.2, 0.25) is 0 Å². The average Bonchev–Trinajstić information content (AvgIpc) is 3.74. The number of hydrazine groups is 1. The summed E-state index contributed by atoms with van der Waals surface area (Å²) in [4.78, 5) is 70.6. The molecule has 12 heteroatoms. The number of hydrogen-bond donors (Lipinski definition) is 4. The third-order valence-corrected chi connectivity index (χ3v) is 8.09. The minimum Gasteiger partial charge on any atom is -0.477 e. The van der Waals surface area contributed by atoms with E-state index in [1.807, 2.05) is 84.9 Å². The number of aliphatic carboxylic acids is 1. The van der Waals surface area contributed by atoms with Crippen LogP contribution in [0.3, 0.4) is 0 Å². The van der Waals surface area contributed by atoms with Gasteiger partial charge in [0, 0.05) is 37.5 Å². The third-order valence-electron chi connectivity index (χ3n) is 8.09. The first-order chi connectivity index (χ1) is 22.2. The SMILES string of the molecule is CN(Cc1ccccc1)C(=O)C1=C(C(=O)O)N2C(=O)[C@@H](NC(=O)[C@H](Cc3ccccc3)NC(=O)c3cc4ccccc4[nH]3)CN2C1. The van der Waals surface area contributed by atoms with Crippen LogP contribution in [-0.4, -0.2) is 86.8 Å². The molecule has 234 valence electrons. The highest BCUT2D eigenvalue weighted by atomic mass is 16.4. The summed E-state index contributed by atoms with van der Waals surface area (Å²) in [6.45, 7) is 0.104. The predicted molar refractivity (Wildman–Crippen MR) is 168 cm³/mol. The van der Waals surface area contributed by atoms with E-state index in [0.717, 1.165) is 27.0 Å². The number of nitrogens with one attached hydrogen (secondary N) is 3. The average molecular weight is 621 g/mol. The van der Waals surface area contributed by atoms with Gasteiger partial charge in [0.25, 0.3) is 17.7 Å². The lowest BCUT2D eigenvalue weighted by Crippen LogP contribution is -2.53. The zero-order valence-corrected chi connectivity index (χ0v) is 25.0. The monoisotopic (exact) mass is 620 g/mol. The number of para-hydroxylation sites is 1. The number of benzene rings is 3. The number of H-pyrrole nitrogens is 1. The summed E-state index contributed by atoms with van der Waals surface area (Å²) >= 11 is 0. The van der Waals surface area contributed by atoms with E-state index in [1.54, 1.807) is 13.1 Å². The molecular weight excluding hydrogens is 588 g/mol. The van der Waals surface area contributed by atoms with Crippen LogP contribution in [0.1, 0.15) is 21.6 Å². The summed E-state index contributed by atoms with van der Waals surface area (Å²) < 4.78 is 0. The molecule has 3 heterocycles. The molecule has 4 amide bonds. The van der Waals surface area contributed by atoms with Gasteiger partial charge in [0.1, 0.15) is 17.8 Å². The molecule has 0 unspecified atom stereocenters. The maximum atomic E-state index is 13.6. The Labute approximate surface area is 264 Å². The van der Waals surface area contributed by atoms with Crippen LogP contribution in [0, 0.1) is 0 Å². The number of rotatable bonds is 10. The highest BCUT2D eigenvalue weighted by molar-refractivity contribution is 6.07. The van der Waals surface area contributed by atoms with Crippen LogP contribution in [0.25, 0.3) is 10.9 Å². The smallest absolute Gasteiger partial charge is 0.354 e. The lowest BCUT2D eigenvalue weighted by molar-refractivity contribution is -0.143. The Balaban J connectivity index is 1.18. The number of aromatic nitrogens is 1. The summed E-state index contributed by atoms with van der Waals surface area (Å²) in [6.07, 6.45) is 0.152. The van der Waals surface area contributed by atoms with Crippen molar-refractivity contribution in [1.29, 1.82) is 0 Å². The fourth-order valence-corrected chi connectivity index (χ4v) is 5.85. The van der Waals surface area contributed by atoms with E-state index < -0.39 is 47.4 Å². The van der Waals surface area contributed by atoms with Crippen LogP contribution in [0.5, 0.6) is 0 Å². The Morgan fingerprint density at radius 2 is 1.61 bits per heavy atom. The molecule has 46 heavy (non-hydrogen) atoms. The topological polar surface area (TPSA) is 155 Å². The fraction of sp³-hybridized carbons (Fsp3) is 0.206. The molecule has 1 fully saturated rings. The van der Waals surface area contributed by atoms with Crippen LogP contribution in [0.4, 0.5) is 0 Å². The van der Waals surface area contributed by atoms with Crippen molar-refractivity contribution in [1.82, 2.24) is 30.5 Å². The predicted octanol–water partition coefficient (Wildman–Crippen LogP) is 2.06. The van der Waals surface area contributed by atoms with Crippen LogP contribution in [0.15, 0.2) is 102 Å². The van der Waals surface area contributed by atoms with Crippen LogP contribution in [-0.2, 0) is 32.1 Å². The molecule has 1 saturated heterocycles. The quantitative estimate of drug-likeness (QED) is 0.212. The van der Waals surface area contributed by atoms with Crippen molar-refractivity contribution < 1.29 is 29.1 Å². The van der Waals surface area contributed by atoms with Gasteiger partial charge in [0.05, 0.1) is 12.1 Å². The molecule has 0 aliphatic carbocycles. The normalized spacial score (nSPS) is 16.8. The maximum absolute atomic E-state index is 13.6. The van der Waals surface area contributed by atoms with E-state index in [4.69, 9.17) is 0 Å². The molecule has 3 aromatic carbocycles. The second-order valence-corrected chi connectivity index (χ2v) is 11.3. The lowest BCUT2D eigenvalue weighted by atomic mass is 10.0. The number of carbonyl (C=O) groups excluding carboxylic acids is 4. The van der Waals surface area contributed by atoms with Crippen molar-refractivity contribution in [2.24, 2.45) is 0 Å². The molecule has 2 atom stereocenters. The highest BCUT2D eigenvalue weighted by Gasteiger charge is 2.50. The van der Waals surface area contributed by atoms with E-state index in [-0.39, 0.29) is 37.3 Å². The van der Waals surface area contributed by atoms with Crippen molar-refractivity contribution in [2.75, 3.05) is 20.1 Å². The van der Waals surface area contributed by atoms with Crippen LogP contribution < -0.4 is 10.6 Å². The number of aromatic amines is 1. The molecule has 0 spiro atoms. The first-order valence-electron chi connectivity index (χ1n) is 14.8. The molecular formula is C34H32N6O6. The second-order valence-electron chi connectivity index (χ2n) is 11.3. The molecule has 6 rings (SSSR count). The van der Waals surface area contributed by atoms with Crippen molar-refractivity contribution in [3.63, 3.8) is 0 Å². The van der Waals surface area contributed by atoms with Gasteiger partial charge in [-0.05, 0) is 23.3 Å². The van der Waals surface area contributed by atoms with Crippen molar-refractivity contribution in [3.05, 3.63) is 119 Å². The molecule has 2 aliphatic rings. The number of amides is 4. The number of nitrogens with zero attached hydrogens (tertiary/aromatic N) is 3. The Kier molecular flexibility index (Phi) is 8.36. The summed E-state index contributed by atoms with van der Waals surface area (Å²) in [5.41, 5.74) is 2.27. The Morgan fingerprint density at radius 3 is 2.28 bits per heavy atom. The fourth-order valence-electron chi connectivity index (χ4n) is 5.85. The number of fused-ring (bicyclic) bond motifs is 2. The van der Waals surface area contributed by atoms with Gasteiger partial charge < -0.3 is 25.6 Å². The van der Waals surface area contributed by atoms with Gasteiger partial charge in [0.15, 0.2) is 5.70 Å². The molecule has 0 radical (unpaired) electrons. The van der Waals surface area contributed by atoms with E-state index in [2.05, 4.69) is 15.6 Å². The molecule has 0 bridgehead atoms. The largest absolute Gasteiger partial charge is 0.477 e. The molecule has 0 saturated carbocycles. The zero-order chi connectivity index (χ0) is 32.4. The molecule has 12 nitrogen and oxygen atoms in total. The Bertz CT molecular complexity index is 1820. The third kappa shape index (κ3) is 6.10. The number of carboxylic acids is 1. The number of carbonyl (C=O) groups is 5. The van der Waals surface area contributed by atoms with Gasteiger partial charge in [-0.1, -0.05) is 78.9 Å². The number of carboxylic acid groups (broad SMARTS) is 1. The maximum Gasteiger partial charge on any atom is 0.354 e. The van der Waals surface area contributed by atoms with Gasteiger partial charge in [0.2, 0.25) is 5.91 Å². The lowest BCUT2D eigenvalue weighted by Gasteiger charge is -2.21. The number of hydrogen-bond acceptors (Lipinski definition) is 6. The summed E-state index contributed by atoms with van der Waals surface area (Å²) in [5, 5.41) is 18.8. The van der Waals surface area contributed by atoms with Crippen LogP contribution >= 0.6 is 0 Å². The number of likely N-dealkylation sites (N-methyl/N-ethyl adjacent to an activating group) is 1. The van der Waals surface area contributed by atoms with E-state index in [0.29, 0.717) is 0 Å². The Morgan fingerprint density at radius 1 is 0.957 bits per heavy atom. The van der Waals surface area contributed by atoms with Crippen molar-refractivity contribution in [2.45, 2.75) is 25.0 Å². The first kappa shape index (κ1) is 30.3. The molecule has 4 aromatic rings. The molecule has 2 aliphatic heterocycles. The summed E-state index contributed by atoms with van der Waals surface area (Å²) in [5.74, 6) is -3.71. The zero-order valence-electron chi connectivity index (χ0n) is 25.0. The molecule has 4 N–H and O–H groups in total. The van der Waals surface area contributed by atoms with E-state index in [9.17, 15) is 29.1 Å². The van der Waals surface area contributed by atoms with Crippen molar-refractivity contribution >= 4 is 40.5 Å². The van der Waals surface area contributed by atoms with Crippen molar-refractivity contribution in [3.8, 4) is 0 Å². The van der Waals surface area contributed by atoms with Gasteiger partial charge >= 0.3 is 5.97 Å². The summed E-state index contributed by atoms with van der Waals surface area (Å²) in [7, 11) is 1.57. The second kappa shape index (κ2) is 12.7. The summed E-state index contributed by atoms with van der Waals surface area (Å²) in [6, 6.07) is 25.4. The van der Waals surface area contributed by atoms with Gasteiger partial charge in [-0.25, -0.2) is 14.8 Å².